The molecule has 1 atom stereocenters. The molecule has 0 saturated heterocycles. The molecule has 0 spiro atoms. The van der Waals surface area contributed by atoms with Gasteiger partial charge in [-0.15, -0.1) is 11.3 Å². The van der Waals surface area contributed by atoms with E-state index in [9.17, 15) is 0 Å². The second-order valence-electron chi connectivity index (χ2n) is 4.02. The fourth-order valence-corrected chi connectivity index (χ4v) is 2.65. The van der Waals surface area contributed by atoms with Crippen LogP contribution < -0.4 is 5.32 Å². The minimum Gasteiger partial charge on any atom is -0.309 e. The number of thiophene rings is 1. The Labute approximate surface area is 100 Å². The fourth-order valence-electron chi connectivity index (χ4n) is 1.92. The predicted molar refractivity (Wildman–Crippen MR) is 67.9 cm³/mol. The van der Waals surface area contributed by atoms with E-state index in [0.717, 1.165) is 0 Å². The van der Waals surface area contributed by atoms with E-state index >= 15 is 0 Å². The van der Waals surface area contributed by atoms with Crippen molar-refractivity contribution in [2.75, 3.05) is 7.05 Å². The van der Waals surface area contributed by atoms with E-state index in [1.165, 1.54) is 21.7 Å². The molecule has 2 rings (SSSR count). The molecule has 0 fully saturated rings. The van der Waals surface area contributed by atoms with Crippen LogP contribution in [0.3, 0.4) is 0 Å². The Bertz CT molecular complexity index is 484. The maximum Gasteiger partial charge on any atom is 0.0616 e. The molecule has 16 heavy (non-hydrogen) atoms. The van der Waals surface area contributed by atoms with Gasteiger partial charge in [-0.2, -0.15) is 5.10 Å². The predicted octanol–water partition coefficient (Wildman–Crippen LogP) is 2.41. The fraction of sp³-hybridized carbons (Fsp3) is 0.417. The maximum atomic E-state index is 4.30. The molecule has 1 unspecified atom stereocenters. The second-order valence-corrected chi connectivity index (χ2v) is 5.14. The zero-order valence-electron chi connectivity index (χ0n) is 10.1. The van der Waals surface area contributed by atoms with Crippen LogP contribution in [0.25, 0.3) is 0 Å². The summed E-state index contributed by atoms with van der Waals surface area (Å²) in [6, 6.07) is 2.48. The molecule has 4 heteroatoms. The normalized spacial score (nSPS) is 13.0. The van der Waals surface area contributed by atoms with Crippen molar-refractivity contribution in [3.8, 4) is 0 Å². The van der Waals surface area contributed by atoms with Crippen molar-refractivity contribution in [3.05, 3.63) is 39.3 Å². The first kappa shape index (κ1) is 11.4. The van der Waals surface area contributed by atoms with Crippen molar-refractivity contribution in [2.45, 2.75) is 19.9 Å². The molecular weight excluding hydrogens is 218 g/mol. The summed E-state index contributed by atoms with van der Waals surface area (Å²) in [5.41, 5.74) is 3.78. The first-order chi connectivity index (χ1) is 7.63. The van der Waals surface area contributed by atoms with Gasteiger partial charge in [0.25, 0.3) is 0 Å². The molecule has 0 amide bonds. The van der Waals surface area contributed by atoms with E-state index in [1.54, 1.807) is 11.3 Å². The highest BCUT2D eigenvalue weighted by Crippen LogP contribution is 2.27. The Morgan fingerprint density at radius 1 is 1.44 bits per heavy atom. The van der Waals surface area contributed by atoms with Crippen LogP contribution in [0.5, 0.6) is 0 Å². The monoisotopic (exact) mass is 235 g/mol. The molecule has 0 aliphatic heterocycles. The van der Waals surface area contributed by atoms with E-state index in [4.69, 9.17) is 0 Å². The average molecular weight is 235 g/mol. The summed E-state index contributed by atoms with van der Waals surface area (Å²) in [7, 11) is 3.97. The number of nitrogens with one attached hydrogen (secondary N) is 1. The third-order valence-corrected chi connectivity index (χ3v) is 3.84. The Morgan fingerprint density at radius 3 is 2.62 bits per heavy atom. The SMILES string of the molecule is CNC(c1csc(C)c1)c1cnn(C)c1C. The molecule has 0 aliphatic rings. The van der Waals surface area contributed by atoms with Crippen molar-refractivity contribution in [1.82, 2.24) is 15.1 Å². The highest BCUT2D eigenvalue weighted by atomic mass is 32.1. The van der Waals surface area contributed by atoms with Gasteiger partial charge in [-0.25, -0.2) is 0 Å². The van der Waals surface area contributed by atoms with Gasteiger partial charge in [0.15, 0.2) is 0 Å². The largest absolute Gasteiger partial charge is 0.309 e. The molecule has 2 heterocycles. The van der Waals surface area contributed by atoms with Crippen LogP contribution in [-0.2, 0) is 7.05 Å². The smallest absolute Gasteiger partial charge is 0.0616 e. The standard InChI is InChI=1S/C12H17N3S/c1-8-5-10(7-16-8)12(13-3)11-6-14-15(4)9(11)2/h5-7,12-13H,1-4H3. The summed E-state index contributed by atoms with van der Waals surface area (Å²) >= 11 is 1.79. The van der Waals surface area contributed by atoms with Crippen LogP contribution in [0.4, 0.5) is 0 Å². The van der Waals surface area contributed by atoms with E-state index in [1.807, 2.05) is 25.0 Å². The number of aryl methyl sites for hydroxylation is 2. The second kappa shape index (κ2) is 4.39. The first-order valence-corrected chi connectivity index (χ1v) is 6.22. The zero-order chi connectivity index (χ0) is 11.7. The van der Waals surface area contributed by atoms with Crippen molar-refractivity contribution in [1.29, 1.82) is 0 Å². The summed E-state index contributed by atoms with van der Waals surface area (Å²) in [6.07, 6.45) is 1.95. The Balaban J connectivity index is 2.40. The average Bonchev–Trinajstić information content (AvgIpc) is 2.81. The van der Waals surface area contributed by atoms with Gasteiger partial charge in [0, 0.05) is 23.2 Å². The van der Waals surface area contributed by atoms with Gasteiger partial charge >= 0.3 is 0 Å². The molecule has 0 radical (unpaired) electrons. The maximum absolute atomic E-state index is 4.30. The van der Waals surface area contributed by atoms with Gasteiger partial charge in [0.2, 0.25) is 0 Å². The Morgan fingerprint density at radius 2 is 2.19 bits per heavy atom. The van der Waals surface area contributed by atoms with Crippen LogP contribution in [0, 0.1) is 13.8 Å². The van der Waals surface area contributed by atoms with Gasteiger partial charge in [-0.05, 0) is 37.9 Å². The first-order valence-electron chi connectivity index (χ1n) is 5.34. The van der Waals surface area contributed by atoms with Crippen molar-refractivity contribution < 1.29 is 0 Å². The Hall–Kier alpha value is -1.13. The molecule has 86 valence electrons. The van der Waals surface area contributed by atoms with Gasteiger partial charge in [-0.1, -0.05) is 0 Å². The molecule has 3 nitrogen and oxygen atoms in total. The lowest BCUT2D eigenvalue weighted by Gasteiger charge is -2.14. The molecule has 1 N–H and O–H groups in total. The van der Waals surface area contributed by atoms with Crippen LogP contribution in [0.1, 0.15) is 27.7 Å². The molecule has 0 bridgehead atoms. The Kier molecular flexibility index (Phi) is 3.12. The summed E-state index contributed by atoms with van der Waals surface area (Å²) < 4.78 is 1.92. The molecular formula is C12H17N3S. The molecule has 2 aromatic heterocycles. The van der Waals surface area contributed by atoms with Crippen molar-refractivity contribution >= 4 is 11.3 Å². The van der Waals surface area contributed by atoms with Crippen molar-refractivity contribution in [2.24, 2.45) is 7.05 Å². The quantitative estimate of drug-likeness (QED) is 0.885. The molecule has 0 aliphatic carbocycles. The zero-order valence-corrected chi connectivity index (χ0v) is 10.9. The lowest BCUT2D eigenvalue weighted by molar-refractivity contribution is 0.681. The lowest BCUT2D eigenvalue weighted by atomic mass is 10.0. The van der Waals surface area contributed by atoms with Crippen molar-refractivity contribution in [3.63, 3.8) is 0 Å². The number of hydrogen-bond acceptors (Lipinski definition) is 3. The van der Waals surface area contributed by atoms with Crippen LogP contribution in [0.15, 0.2) is 17.6 Å². The van der Waals surface area contributed by atoms with Crippen LogP contribution in [-0.4, -0.2) is 16.8 Å². The lowest BCUT2D eigenvalue weighted by Crippen LogP contribution is -2.17. The number of rotatable bonds is 3. The third kappa shape index (κ3) is 1.90. The summed E-state index contributed by atoms with van der Waals surface area (Å²) in [6.45, 7) is 4.24. The summed E-state index contributed by atoms with van der Waals surface area (Å²) in [5.74, 6) is 0. The number of nitrogens with zero attached hydrogens (tertiary/aromatic N) is 2. The highest BCUT2D eigenvalue weighted by Gasteiger charge is 2.17. The topological polar surface area (TPSA) is 29.9 Å². The molecule has 0 saturated carbocycles. The van der Waals surface area contributed by atoms with Gasteiger partial charge < -0.3 is 5.32 Å². The van der Waals surface area contributed by atoms with Crippen LogP contribution in [0.2, 0.25) is 0 Å². The van der Waals surface area contributed by atoms with E-state index < -0.39 is 0 Å². The van der Waals surface area contributed by atoms with Gasteiger partial charge in [0.05, 0.1) is 12.2 Å². The van der Waals surface area contributed by atoms with Crippen LogP contribution >= 0.6 is 11.3 Å². The number of hydrogen-bond donors (Lipinski definition) is 1. The summed E-state index contributed by atoms with van der Waals surface area (Å²) in [4.78, 5) is 1.34. The van der Waals surface area contributed by atoms with E-state index in [2.05, 4.69) is 35.7 Å². The van der Waals surface area contributed by atoms with Gasteiger partial charge in [-0.3, -0.25) is 4.68 Å². The summed E-state index contributed by atoms with van der Waals surface area (Å²) in [5, 5.41) is 9.86. The molecule has 0 aromatic carbocycles. The van der Waals surface area contributed by atoms with E-state index in [0.29, 0.717) is 0 Å². The van der Waals surface area contributed by atoms with Gasteiger partial charge in [0.1, 0.15) is 0 Å². The third-order valence-electron chi connectivity index (χ3n) is 2.96. The van der Waals surface area contributed by atoms with E-state index in [-0.39, 0.29) is 6.04 Å². The minimum absolute atomic E-state index is 0.249. The number of aromatic nitrogens is 2. The highest BCUT2D eigenvalue weighted by molar-refractivity contribution is 7.10. The minimum atomic E-state index is 0.249. The molecule has 2 aromatic rings.